The van der Waals surface area contributed by atoms with E-state index in [-0.39, 0.29) is 24.2 Å². The Labute approximate surface area is 113 Å². The number of para-hydroxylation sites is 1. The van der Waals surface area contributed by atoms with Gasteiger partial charge >= 0.3 is 0 Å². The molecule has 19 heavy (non-hydrogen) atoms. The molecule has 0 aliphatic heterocycles. The average molecular weight is 268 g/mol. The van der Waals surface area contributed by atoms with Crippen LogP contribution in [0.3, 0.4) is 0 Å². The first-order valence-corrected chi connectivity index (χ1v) is 6.27. The van der Waals surface area contributed by atoms with E-state index in [0.29, 0.717) is 6.54 Å². The molecule has 1 aromatic rings. The highest BCUT2D eigenvalue weighted by Gasteiger charge is 2.28. The minimum Gasteiger partial charge on any atom is -0.481 e. The zero-order chi connectivity index (χ0) is 14.5. The molecule has 0 saturated carbocycles. The quantitative estimate of drug-likeness (QED) is 0.825. The van der Waals surface area contributed by atoms with E-state index in [1.807, 2.05) is 20.8 Å². The van der Waals surface area contributed by atoms with Crippen LogP contribution in [0.25, 0.3) is 0 Å². The molecule has 0 heterocycles. The van der Waals surface area contributed by atoms with Crippen LogP contribution in [-0.4, -0.2) is 24.6 Å². The van der Waals surface area contributed by atoms with Gasteiger partial charge in [0.2, 0.25) is 0 Å². The van der Waals surface area contributed by atoms with Crippen molar-refractivity contribution >= 4 is 5.91 Å². The van der Waals surface area contributed by atoms with Crippen molar-refractivity contribution in [3.63, 3.8) is 0 Å². The molecular weight excluding hydrogens is 247 g/mol. The molecule has 0 bridgehead atoms. The monoisotopic (exact) mass is 268 g/mol. The molecule has 3 N–H and O–H groups in total. The Morgan fingerprint density at radius 2 is 2.11 bits per heavy atom. The van der Waals surface area contributed by atoms with Gasteiger partial charge in [-0.3, -0.25) is 4.79 Å². The molecule has 0 aliphatic rings. The van der Waals surface area contributed by atoms with Gasteiger partial charge in [0.15, 0.2) is 18.2 Å². The van der Waals surface area contributed by atoms with E-state index in [2.05, 4.69) is 5.32 Å². The van der Waals surface area contributed by atoms with E-state index in [1.165, 1.54) is 12.1 Å². The van der Waals surface area contributed by atoms with E-state index in [1.54, 1.807) is 12.1 Å². The van der Waals surface area contributed by atoms with Crippen molar-refractivity contribution in [1.29, 1.82) is 0 Å². The molecule has 1 aromatic carbocycles. The summed E-state index contributed by atoms with van der Waals surface area (Å²) in [4.78, 5) is 11.8. The van der Waals surface area contributed by atoms with Crippen LogP contribution >= 0.6 is 0 Å². The molecule has 106 valence electrons. The van der Waals surface area contributed by atoms with Crippen LogP contribution in [0.1, 0.15) is 20.8 Å². The molecule has 5 heteroatoms. The van der Waals surface area contributed by atoms with E-state index < -0.39 is 11.4 Å². The number of nitrogens with two attached hydrogens (primary N) is 1. The van der Waals surface area contributed by atoms with Gasteiger partial charge in [-0.25, -0.2) is 4.39 Å². The van der Waals surface area contributed by atoms with E-state index >= 15 is 0 Å². The summed E-state index contributed by atoms with van der Waals surface area (Å²) in [5, 5.41) is 2.82. The van der Waals surface area contributed by atoms with E-state index in [4.69, 9.17) is 10.5 Å². The minimum atomic E-state index is -0.490. The number of rotatable bonds is 6. The second kappa shape index (κ2) is 6.52. The third kappa shape index (κ3) is 4.21. The van der Waals surface area contributed by atoms with Crippen LogP contribution in [0.5, 0.6) is 5.75 Å². The van der Waals surface area contributed by atoms with Crippen molar-refractivity contribution in [1.82, 2.24) is 5.32 Å². The van der Waals surface area contributed by atoms with Gasteiger partial charge in [-0.05, 0) is 25.0 Å². The standard InChI is InChI=1S/C14H21FN2O2/c1-10(2)14(3,9-16)17-13(18)8-19-12-7-5-4-6-11(12)15/h4-7,10H,8-9,16H2,1-3H3,(H,17,18). The van der Waals surface area contributed by atoms with Gasteiger partial charge in [0.25, 0.3) is 5.91 Å². The number of carbonyl (C=O) groups is 1. The summed E-state index contributed by atoms with van der Waals surface area (Å²) in [7, 11) is 0. The Kier molecular flexibility index (Phi) is 5.30. The maximum Gasteiger partial charge on any atom is 0.258 e. The van der Waals surface area contributed by atoms with Gasteiger partial charge in [-0.15, -0.1) is 0 Å². The summed E-state index contributed by atoms with van der Waals surface area (Å²) in [5.41, 5.74) is 5.18. The van der Waals surface area contributed by atoms with Crippen molar-refractivity contribution in [3.05, 3.63) is 30.1 Å². The summed E-state index contributed by atoms with van der Waals surface area (Å²) in [6.45, 7) is 5.92. The lowest BCUT2D eigenvalue weighted by atomic mass is 9.88. The highest BCUT2D eigenvalue weighted by Crippen LogP contribution is 2.16. The zero-order valence-electron chi connectivity index (χ0n) is 11.6. The predicted octanol–water partition coefficient (Wildman–Crippen LogP) is 1.69. The first-order chi connectivity index (χ1) is 8.89. The molecule has 1 atom stereocenters. The molecule has 1 unspecified atom stereocenters. The molecular formula is C14H21FN2O2. The molecule has 0 aliphatic carbocycles. The van der Waals surface area contributed by atoms with Gasteiger partial charge in [-0.2, -0.15) is 0 Å². The molecule has 0 spiro atoms. The fourth-order valence-electron chi connectivity index (χ4n) is 1.49. The maximum atomic E-state index is 13.3. The van der Waals surface area contributed by atoms with Crippen molar-refractivity contribution in [2.45, 2.75) is 26.3 Å². The summed E-state index contributed by atoms with van der Waals surface area (Å²) in [6, 6.07) is 5.97. The van der Waals surface area contributed by atoms with Crippen LogP contribution in [0.4, 0.5) is 4.39 Å². The number of nitrogens with one attached hydrogen (secondary N) is 1. The van der Waals surface area contributed by atoms with Crippen LogP contribution < -0.4 is 15.8 Å². The van der Waals surface area contributed by atoms with Gasteiger partial charge in [0.1, 0.15) is 0 Å². The number of halogens is 1. The molecule has 4 nitrogen and oxygen atoms in total. The predicted molar refractivity (Wildman–Crippen MR) is 72.3 cm³/mol. The van der Waals surface area contributed by atoms with Crippen LogP contribution in [0, 0.1) is 11.7 Å². The molecule has 0 radical (unpaired) electrons. The Bertz CT molecular complexity index is 437. The van der Waals surface area contributed by atoms with Crippen LogP contribution in [0.2, 0.25) is 0 Å². The van der Waals surface area contributed by atoms with E-state index in [9.17, 15) is 9.18 Å². The minimum absolute atomic E-state index is 0.0663. The highest BCUT2D eigenvalue weighted by molar-refractivity contribution is 5.78. The molecule has 1 amide bonds. The lowest BCUT2D eigenvalue weighted by molar-refractivity contribution is -0.125. The van der Waals surface area contributed by atoms with Gasteiger partial charge < -0.3 is 15.8 Å². The third-order valence-electron chi connectivity index (χ3n) is 3.32. The second-order valence-corrected chi connectivity index (χ2v) is 5.04. The lowest BCUT2D eigenvalue weighted by Crippen LogP contribution is -2.56. The number of carbonyl (C=O) groups excluding carboxylic acids is 1. The smallest absolute Gasteiger partial charge is 0.258 e. The number of amides is 1. The molecule has 0 saturated heterocycles. The van der Waals surface area contributed by atoms with Gasteiger partial charge in [0, 0.05) is 6.54 Å². The van der Waals surface area contributed by atoms with Crippen molar-refractivity contribution in [2.75, 3.05) is 13.2 Å². The topological polar surface area (TPSA) is 64.3 Å². The summed E-state index contributed by atoms with van der Waals surface area (Å²) < 4.78 is 18.4. The third-order valence-corrected chi connectivity index (χ3v) is 3.32. The fourth-order valence-corrected chi connectivity index (χ4v) is 1.49. The highest BCUT2D eigenvalue weighted by atomic mass is 19.1. The van der Waals surface area contributed by atoms with E-state index in [0.717, 1.165) is 0 Å². The Hall–Kier alpha value is -1.62. The number of hydrogen-bond acceptors (Lipinski definition) is 3. The largest absolute Gasteiger partial charge is 0.481 e. The first kappa shape index (κ1) is 15.4. The molecule has 1 rings (SSSR count). The summed E-state index contributed by atoms with van der Waals surface area (Å²) in [5.74, 6) is -0.544. The van der Waals surface area contributed by atoms with Crippen LogP contribution in [0.15, 0.2) is 24.3 Å². The zero-order valence-corrected chi connectivity index (χ0v) is 11.6. The van der Waals surface area contributed by atoms with Crippen LogP contribution in [-0.2, 0) is 4.79 Å². The normalized spacial score (nSPS) is 14.0. The SMILES string of the molecule is CC(C)C(C)(CN)NC(=O)COc1ccccc1F. The lowest BCUT2D eigenvalue weighted by Gasteiger charge is -2.33. The maximum absolute atomic E-state index is 13.3. The average Bonchev–Trinajstić information content (AvgIpc) is 2.37. The van der Waals surface area contributed by atoms with Crippen molar-refractivity contribution in [3.8, 4) is 5.75 Å². The number of hydrogen-bond donors (Lipinski definition) is 2. The Balaban J connectivity index is 2.55. The van der Waals surface area contributed by atoms with Gasteiger partial charge in [0.05, 0.1) is 5.54 Å². The second-order valence-electron chi connectivity index (χ2n) is 5.04. The van der Waals surface area contributed by atoms with Gasteiger partial charge in [-0.1, -0.05) is 26.0 Å². The summed E-state index contributed by atoms with van der Waals surface area (Å²) >= 11 is 0. The fraction of sp³-hybridized carbons (Fsp3) is 0.500. The summed E-state index contributed by atoms with van der Waals surface area (Å²) in [6.07, 6.45) is 0. The van der Waals surface area contributed by atoms with Crippen molar-refractivity contribution in [2.24, 2.45) is 11.7 Å². The Morgan fingerprint density at radius 3 is 2.63 bits per heavy atom. The number of ether oxygens (including phenoxy) is 1. The molecule has 0 aromatic heterocycles. The molecule has 0 fully saturated rings. The number of benzene rings is 1. The Morgan fingerprint density at radius 1 is 1.47 bits per heavy atom. The van der Waals surface area contributed by atoms with Crippen molar-refractivity contribution < 1.29 is 13.9 Å². The first-order valence-electron chi connectivity index (χ1n) is 6.27.